The van der Waals surface area contributed by atoms with E-state index < -0.39 is 17.7 Å². The molecule has 5 heteroatoms. The van der Waals surface area contributed by atoms with Crippen molar-refractivity contribution < 1.29 is 9.59 Å². The number of nitrogens with zero attached hydrogens (tertiary/aromatic N) is 2. The molecule has 194 valence electrons. The van der Waals surface area contributed by atoms with Crippen LogP contribution in [-0.2, 0) is 9.59 Å². The van der Waals surface area contributed by atoms with Crippen LogP contribution in [0.5, 0.6) is 0 Å². The van der Waals surface area contributed by atoms with Crippen LogP contribution in [0.1, 0.15) is 69.9 Å². The normalized spacial score (nSPS) is 24.6. The van der Waals surface area contributed by atoms with Crippen LogP contribution in [0.25, 0.3) is 0 Å². The van der Waals surface area contributed by atoms with Gasteiger partial charge in [-0.05, 0) is 48.3 Å². The lowest BCUT2D eigenvalue weighted by molar-refractivity contribution is -0.143. The SMILES string of the molecule is CC(C(N)=O)[C@@H](CC(C)(C)C)C(=O)N1C[C@@H](c2ccccc2)C[C@H]1CN1CCC(c2ccccc2)C1. The van der Waals surface area contributed by atoms with Crippen molar-refractivity contribution in [3.05, 3.63) is 71.8 Å². The van der Waals surface area contributed by atoms with Crippen molar-refractivity contribution in [2.45, 2.75) is 64.8 Å². The van der Waals surface area contributed by atoms with Gasteiger partial charge in [-0.3, -0.25) is 9.59 Å². The van der Waals surface area contributed by atoms with Crippen LogP contribution in [0.4, 0.5) is 0 Å². The van der Waals surface area contributed by atoms with Crippen LogP contribution >= 0.6 is 0 Å². The van der Waals surface area contributed by atoms with E-state index in [2.05, 4.69) is 85.2 Å². The summed E-state index contributed by atoms with van der Waals surface area (Å²) in [5.41, 5.74) is 8.35. The summed E-state index contributed by atoms with van der Waals surface area (Å²) in [4.78, 5) is 31.0. The molecule has 2 aromatic rings. The van der Waals surface area contributed by atoms with Crippen molar-refractivity contribution in [3.63, 3.8) is 0 Å². The number of benzene rings is 2. The van der Waals surface area contributed by atoms with Gasteiger partial charge in [-0.1, -0.05) is 88.4 Å². The molecule has 2 amide bonds. The highest BCUT2D eigenvalue weighted by Gasteiger charge is 2.43. The van der Waals surface area contributed by atoms with Gasteiger partial charge in [0, 0.05) is 43.4 Å². The molecular weight excluding hydrogens is 446 g/mol. The Morgan fingerprint density at radius 3 is 2.08 bits per heavy atom. The molecule has 2 fully saturated rings. The molecule has 2 aliphatic rings. The molecule has 0 bridgehead atoms. The molecule has 2 aliphatic heterocycles. The molecule has 2 aromatic carbocycles. The predicted molar refractivity (Wildman–Crippen MR) is 145 cm³/mol. The monoisotopic (exact) mass is 489 g/mol. The number of hydrogen-bond donors (Lipinski definition) is 1. The summed E-state index contributed by atoms with van der Waals surface area (Å²) in [5.74, 6) is -0.314. The Hall–Kier alpha value is -2.66. The molecule has 0 aromatic heterocycles. The first-order chi connectivity index (χ1) is 17.1. The molecule has 2 heterocycles. The minimum absolute atomic E-state index is 0.0735. The highest BCUT2D eigenvalue weighted by atomic mass is 16.2. The van der Waals surface area contributed by atoms with Crippen molar-refractivity contribution in [3.8, 4) is 0 Å². The summed E-state index contributed by atoms with van der Waals surface area (Å²) in [6.45, 7) is 11.9. The van der Waals surface area contributed by atoms with E-state index in [1.165, 1.54) is 11.1 Å². The maximum absolute atomic E-state index is 14.1. The lowest BCUT2D eigenvalue weighted by Gasteiger charge is -2.35. The van der Waals surface area contributed by atoms with Crippen LogP contribution in [-0.4, -0.2) is 53.8 Å². The Balaban J connectivity index is 1.54. The Bertz CT molecular complexity index is 1020. The predicted octanol–water partition coefficient (Wildman–Crippen LogP) is 5.03. The van der Waals surface area contributed by atoms with Crippen molar-refractivity contribution in [1.82, 2.24) is 9.80 Å². The number of carbonyl (C=O) groups excluding carboxylic acids is 2. The van der Waals surface area contributed by atoms with Crippen LogP contribution in [0.2, 0.25) is 0 Å². The van der Waals surface area contributed by atoms with Crippen molar-refractivity contribution in [1.29, 1.82) is 0 Å². The number of likely N-dealkylation sites (tertiary alicyclic amines) is 2. The van der Waals surface area contributed by atoms with Gasteiger partial charge in [0.1, 0.15) is 0 Å². The summed E-state index contributed by atoms with van der Waals surface area (Å²) in [6.07, 6.45) is 2.75. The van der Waals surface area contributed by atoms with Crippen molar-refractivity contribution in [2.75, 3.05) is 26.2 Å². The van der Waals surface area contributed by atoms with E-state index in [9.17, 15) is 9.59 Å². The number of carbonyl (C=O) groups is 2. The van der Waals surface area contributed by atoms with Crippen LogP contribution in [0.3, 0.4) is 0 Å². The second-order valence-electron chi connectivity index (χ2n) is 12.2. The number of hydrogen-bond acceptors (Lipinski definition) is 3. The first kappa shape index (κ1) is 26.4. The van der Waals surface area contributed by atoms with Gasteiger partial charge in [-0.2, -0.15) is 0 Å². The van der Waals surface area contributed by atoms with Crippen molar-refractivity contribution in [2.24, 2.45) is 23.0 Å². The van der Waals surface area contributed by atoms with Gasteiger partial charge in [0.25, 0.3) is 0 Å². The fourth-order valence-electron chi connectivity index (χ4n) is 6.17. The molecular formula is C31H43N3O2. The zero-order valence-corrected chi connectivity index (χ0v) is 22.4. The minimum Gasteiger partial charge on any atom is -0.369 e. The third kappa shape index (κ3) is 6.36. The molecule has 36 heavy (non-hydrogen) atoms. The number of primary amides is 1. The largest absolute Gasteiger partial charge is 0.369 e. The van der Waals surface area contributed by atoms with E-state index in [0.717, 1.165) is 32.5 Å². The van der Waals surface area contributed by atoms with Gasteiger partial charge >= 0.3 is 0 Å². The fraction of sp³-hybridized carbons (Fsp3) is 0.548. The molecule has 0 aliphatic carbocycles. The molecule has 2 unspecified atom stereocenters. The van der Waals surface area contributed by atoms with Crippen molar-refractivity contribution >= 4 is 11.8 Å². The lowest BCUT2D eigenvalue weighted by atomic mass is 9.78. The molecule has 0 saturated carbocycles. The molecule has 0 radical (unpaired) electrons. The van der Waals surface area contributed by atoms with Crippen LogP contribution in [0, 0.1) is 17.3 Å². The summed E-state index contributed by atoms with van der Waals surface area (Å²) in [6, 6.07) is 21.5. The second kappa shape index (κ2) is 11.2. The molecule has 4 rings (SSSR count). The standard InChI is InChI=1S/C31H43N3O2/c1-22(29(32)35)28(18-31(2,3)4)30(36)34-20-26(24-13-9-6-10-14-24)17-27(34)21-33-16-15-25(19-33)23-11-7-5-8-12-23/h5-14,22,25-28H,15-21H2,1-4H3,(H2,32,35)/t22?,25?,26-,27-,28+/m0/s1. The zero-order chi connectivity index (χ0) is 25.9. The number of amides is 2. The van der Waals surface area contributed by atoms with E-state index in [1.807, 2.05) is 13.0 Å². The maximum Gasteiger partial charge on any atom is 0.226 e. The lowest BCUT2D eigenvalue weighted by Crippen LogP contribution is -2.48. The quantitative estimate of drug-likeness (QED) is 0.565. The Labute approximate surface area is 217 Å². The highest BCUT2D eigenvalue weighted by Crippen LogP contribution is 2.38. The first-order valence-corrected chi connectivity index (χ1v) is 13.5. The molecule has 5 atom stereocenters. The second-order valence-corrected chi connectivity index (χ2v) is 12.2. The van der Waals surface area contributed by atoms with E-state index >= 15 is 0 Å². The Kier molecular flexibility index (Phi) is 8.19. The van der Waals surface area contributed by atoms with Gasteiger partial charge in [0.05, 0.1) is 0 Å². The smallest absolute Gasteiger partial charge is 0.226 e. The molecule has 2 saturated heterocycles. The third-order valence-electron chi connectivity index (χ3n) is 8.18. The van der Waals surface area contributed by atoms with Gasteiger partial charge in [-0.25, -0.2) is 0 Å². The van der Waals surface area contributed by atoms with E-state index in [0.29, 0.717) is 24.8 Å². The number of rotatable bonds is 8. The van der Waals surface area contributed by atoms with Gasteiger partial charge in [0.2, 0.25) is 11.8 Å². The Morgan fingerprint density at radius 1 is 0.944 bits per heavy atom. The number of nitrogens with two attached hydrogens (primary N) is 1. The molecule has 2 N–H and O–H groups in total. The van der Waals surface area contributed by atoms with Crippen LogP contribution in [0.15, 0.2) is 60.7 Å². The summed E-state index contributed by atoms with van der Waals surface area (Å²) in [5, 5.41) is 0. The van der Waals surface area contributed by atoms with Crippen LogP contribution < -0.4 is 5.73 Å². The van der Waals surface area contributed by atoms with E-state index in [4.69, 9.17) is 5.73 Å². The minimum atomic E-state index is -0.484. The zero-order valence-electron chi connectivity index (χ0n) is 22.4. The highest BCUT2D eigenvalue weighted by molar-refractivity contribution is 5.87. The van der Waals surface area contributed by atoms with E-state index in [1.54, 1.807) is 0 Å². The maximum atomic E-state index is 14.1. The molecule has 0 spiro atoms. The average Bonchev–Trinajstić information content (AvgIpc) is 3.50. The van der Waals surface area contributed by atoms with Gasteiger partial charge in [-0.15, -0.1) is 0 Å². The van der Waals surface area contributed by atoms with Gasteiger partial charge in [0.15, 0.2) is 0 Å². The first-order valence-electron chi connectivity index (χ1n) is 13.5. The summed E-state index contributed by atoms with van der Waals surface area (Å²) in [7, 11) is 0. The average molecular weight is 490 g/mol. The Morgan fingerprint density at radius 2 is 1.53 bits per heavy atom. The fourth-order valence-corrected chi connectivity index (χ4v) is 6.17. The summed E-state index contributed by atoms with van der Waals surface area (Å²) >= 11 is 0. The van der Waals surface area contributed by atoms with Gasteiger partial charge < -0.3 is 15.5 Å². The summed E-state index contributed by atoms with van der Waals surface area (Å²) < 4.78 is 0. The molecule has 5 nitrogen and oxygen atoms in total. The third-order valence-corrected chi connectivity index (χ3v) is 8.18. The van der Waals surface area contributed by atoms with E-state index in [-0.39, 0.29) is 17.4 Å². The topological polar surface area (TPSA) is 66.6 Å².